The number of aryl methyl sites for hydroxylation is 1. The van der Waals surface area contributed by atoms with Crippen LogP contribution < -0.4 is 4.90 Å². The molecule has 0 radical (unpaired) electrons. The summed E-state index contributed by atoms with van der Waals surface area (Å²) in [6, 6.07) is 9.03. The summed E-state index contributed by atoms with van der Waals surface area (Å²) in [5, 5.41) is 4.38. The molecule has 2 heterocycles. The van der Waals surface area contributed by atoms with Gasteiger partial charge in [0.1, 0.15) is 6.73 Å². The molecule has 0 N–H and O–H groups in total. The molecule has 0 spiro atoms. The molecule has 1 atom stereocenters. The summed E-state index contributed by atoms with van der Waals surface area (Å²) in [5.74, 6) is 0.424. The summed E-state index contributed by atoms with van der Waals surface area (Å²) < 4.78 is 48.1. The molecule has 3 aromatic rings. The highest BCUT2D eigenvalue weighted by Crippen LogP contribution is 2.49. The molecule has 12 heteroatoms. The maximum Gasteiger partial charge on any atom is 0.435 e. The van der Waals surface area contributed by atoms with Crippen LogP contribution in [0.5, 0.6) is 0 Å². The van der Waals surface area contributed by atoms with Crippen molar-refractivity contribution in [3.63, 3.8) is 0 Å². The van der Waals surface area contributed by atoms with E-state index in [2.05, 4.69) is 15.1 Å². The molecule has 1 unspecified atom stereocenters. The minimum atomic E-state index is -4.76. The average molecular weight is 560 g/mol. The second-order valence-corrected chi connectivity index (χ2v) is 9.56. The van der Waals surface area contributed by atoms with E-state index in [1.54, 1.807) is 24.1 Å². The molecule has 0 bridgehead atoms. The van der Waals surface area contributed by atoms with Crippen LogP contribution in [0.15, 0.2) is 53.9 Å². The molecular weight excluding hydrogens is 540 g/mol. The van der Waals surface area contributed by atoms with E-state index >= 15 is 0 Å². The second-order valence-electron chi connectivity index (χ2n) is 8.25. The number of rotatable bonds is 7. The lowest BCUT2D eigenvalue weighted by Gasteiger charge is -2.29. The minimum Gasteiger partial charge on any atom is -0.374 e. The number of alkyl halides is 3. The van der Waals surface area contributed by atoms with Gasteiger partial charge >= 0.3 is 6.18 Å². The van der Waals surface area contributed by atoms with Gasteiger partial charge in [0, 0.05) is 35.7 Å². The first kappa shape index (κ1) is 26.5. The first-order valence-electron chi connectivity index (χ1n) is 10.6. The standard InChI is InChI=1S/C24H20Cl3F3N4O2/c1-14-5-15(3-4-16(14)12-34(13-35-2)22-31-10-20(27)11-32-22)21-9-23(36-33-21,24(28,29)30)17-6-18(25)8-19(26)7-17/h3-8,10-11H,9,12-13H2,1-2H3. The zero-order valence-electron chi connectivity index (χ0n) is 19.1. The number of anilines is 1. The van der Waals surface area contributed by atoms with E-state index in [9.17, 15) is 13.2 Å². The van der Waals surface area contributed by atoms with Crippen LogP contribution in [0, 0.1) is 6.92 Å². The Morgan fingerprint density at radius 1 is 1.03 bits per heavy atom. The number of hydrogen-bond donors (Lipinski definition) is 0. The Morgan fingerprint density at radius 2 is 1.69 bits per heavy atom. The zero-order chi connectivity index (χ0) is 26.1. The van der Waals surface area contributed by atoms with Gasteiger partial charge in [-0.05, 0) is 47.9 Å². The summed E-state index contributed by atoms with van der Waals surface area (Å²) >= 11 is 17.8. The highest BCUT2D eigenvalue weighted by molar-refractivity contribution is 6.34. The summed E-state index contributed by atoms with van der Waals surface area (Å²) in [4.78, 5) is 15.3. The summed E-state index contributed by atoms with van der Waals surface area (Å²) in [6.45, 7) is 2.48. The predicted molar refractivity (Wildman–Crippen MR) is 133 cm³/mol. The number of nitrogens with zero attached hydrogens (tertiary/aromatic N) is 4. The fourth-order valence-corrected chi connectivity index (χ4v) is 4.53. The molecule has 36 heavy (non-hydrogen) atoms. The molecule has 1 aliphatic rings. The van der Waals surface area contributed by atoms with Crippen LogP contribution in [-0.4, -0.2) is 35.7 Å². The lowest BCUT2D eigenvalue weighted by Crippen LogP contribution is -2.42. The van der Waals surface area contributed by atoms with Crippen molar-refractivity contribution >= 4 is 46.5 Å². The van der Waals surface area contributed by atoms with Gasteiger partial charge in [-0.25, -0.2) is 9.97 Å². The molecule has 0 fully saturated rings. The Hall–Kier alpha value is -2.59. The third-order valence-electron chi connectivity index (χ3n) is 5.73. The lowest BCUT2D eigenvalue weighted by molar-refractivity contribution is -0.275. The van der Waals surface area contributed by atoms with Crippen molar-refractivity contribution in [2.75, 3.05) is 18.7 Å². The van der Waals surface area contributed by atoms with Crippen molar-refractivity contribution in [2.24, 2.45) is 5.16 Å². The first-order chi connectivity index (χ1) is 17.0. The molecule has 2 aromatic carbocycles. The predicted octanol–water partition coefficient (Wildman–Crippen LogP) is 6.94. The molecule has 1 aromatic heterocycles. The highest BCUT2D eigenvalue weighted by Gasteiger charge is 2.62. The van der Waals surface area contributed by atoms with Crippen LogP contribution in [0.2, 0.25) is 15.1 Å². The summed E-state index contributed by atoms with van der Waals surface area (Å²) in [5.41, 5.74) is -0.495. The van der Waals surface area contributed by atoms with E-state index in [1.165, 1.54) is 30.6 Å². The van der Waals surface area contributed by atoms with Gasteiger partial charge in [-0.1, -0.05) is 52.1 Å². The fourth-order valence-electron chi connectivity index (χ4n) is 3.90. The van der Waals surface area contributed by atoms with Crippen molar-refractivity contribution in [1.29, 1.82) is 0 Å². The van der Waals surface area contributed by atoms with Crippen LogP contribution >= 0.6 is 34.8 Å². The fraction of sp³-hybridized carbons (Fsp3) is 0.292. The number of benzene rings is 2. The number of aromatic nitrogens is 2. The molecule has 0 aliphatic carbocycles. The summed E-state index contributed by atoms with van der Waals surface area (Å²) in [6.07, 6.45) is -2.32. The lowest BCUT2D eigenvalue weighted by atomic mass is 9.86. The van der Waals surface area contributed by atoms with Crippen LogP contribution in [0.1, 0.15) is 28.7 Å². The van der Waals surface area contributed by atoms with Crippen molar-refractivity contribution in [2.45, 2.75) is 31.7 Å². The van der Waals surface area contributed by atoms with Crippen LogP contribution in [-0.2, 0) is 21.7 Å². The minimum absolute atomic E-state index is 0.0728. The van der Waals surface area contributed by atoms with Crippen molar-refractivity contribution < 1.29 is 22.7 Å². The Labute approximate surface area is 220 Å². The van der Waals surface area contributed by atoms with Gasteiger partial charge < -0.3 is 14.5 Å². The summed E-state index contributed by atoms with van der Waals surface area (Å²) in [7, 11) is 1.55. The van der Waals surface area contributed by atoms with Crippen molar-refractivity contribution in [3.8, 4) is 0 Å². The zero-order valence-corrected chi connectivity index (χ0v) is 21.4. The van der Waals surface area contributed by atoms with Crippen molar-refractivity contribution in [1.82, 2.24) is 9.97 Å². The second kappa shape index (κ2) is 10.4. The van der Waals surface area contributed by atoms with E-state index < -0.39 is 18.2 Å². The Kier molecular flexibility index (Phi) is 7.66. The Balaban J connectivity index is 1.59. The molecule has 1 aliphatic heterocycles. The van der Waals surface area contributed by atoms with E-state index in [-0.39, 0.29) is 28.1 Å². The van der Waals surface area contributed by atoms with Gasteiger partial charge in [0.05, 0.1) is 23.1 Å². The van der Waals surface area contributed by atoms with Crippen molar-refractivity contribution in [3.05, 3.63) is 86.1 Å². The molecule has 6 nitrogen and oxygen atoms in total. The quantitative estimate of drug-likeness (QED) is 0.294. The van der Waals surface area contributed by atoms with E-state index in [0.29, 0.717) is 23.1 Å². The van der Waals surface area contributed by atoms with Crippen LogP contribution in [0.3, 0.4) is 0 Å². The molecule has 4 rings (SSSR count). The normalized spacial score (nSPS) is 17.6. The van der Waals surface area contributed by atoms with Gasteiger partial charge in [0.25, 0.3) is 5.60 Å². The molecule has 0 saturated heterocycles. The number of methoxy groups -OCH3 is 1. The first-order valence-corrected chi connectivity index (χ1v) is 11.8. The maximum absolute atomic E-state index is 14.3. The Bertz CT molecular complexity index is 1270. The smallest absolute Gasteiger partial charge is 0.374 e. The van der Waals surface area contributed by atoms with Crippen LogP contribution in [0.25, 0.3) is 0 Å². The molecule has 0 saturated carbocycles. The average Bonchev–Trinajstić information content (AvgIpc) is 3.27. The number of oxime groups is 1. The van der Waals surface area contributed by atoms with E-state index in [4.69, 9.17) is 44.4 Å². The topological polar surface area (TPSA) is 59.8 Å². The number of halogens is 6. The third kappa shape index (κ3) is 5.39. The van der Waals surface area contributed by atoms with Gasteiger partial charge in [0.15, 0.2) is 0 Å². The number of hydrogen-bond acceptors (Lipinski definition) is 6. The number of ether oxygens (including phenoxy) is 1. The third-order valence-corrected chi connectivity index (χ3v) is 6.36. The molecular formula is C24H20Cl3F3N4O2. The molecule has 0 amide bonds. The van der Waals surface area contributed by atoms with Gasteiger partial charge in [-0.2, -0.15) is 13.2 Å². The van der Waals surface area contributed by atoms with Gasteiger partial charge in [-0.3, -0.25) is 0 Å². The largest absolute Gasteiger partial charge is 0.435 e. The monoisotopic (exact) mass is 558 g/mol. The van der Waals surface area contributed by atoms with Gasteiger partial charge in [-0.15, -0.1) is 0 Å². The van der Waals surface area contributed by atoms with E-state index in [1.807, 2.05) is 13.0 Å². The Morgan fingerprint density at radius 3 is 2.28 bits per heavy atom. The van der Waals surface area contributed by atoms with E-state index in [0.717, 1.165) is 11.1 Å². The highest BCUT2D eigenvalue weighted by atomic mass is 35.5. The van der Waals surface area contributed by atoms with Crippen LogP contribution in [0.4, 0.5) is 19.1 Å². The molecule has 190 valence electrons. The SMILES string of the molecule is COCN(Cc1ccc(C2=NOC(c3cc(Cl)cc(Cl)c3)(C(F)(F)F)C2)cc1C)c1ncc(Cl)cn1. The van der Waals surface area contributed by atoms with Gasteiger partial charge in [0.2, 0.25) is 5.95 Å². The maximum atomic E-state index is 14.3.